The number of halogens is 4. The van der Waals surface area contributed by atoms with Gasteiger partial charge in [0.15, 0.2) is 0 Å². The standard InChI is InChI=1S/C18H16BrF3N2O2/c1-2-24(17(26)12-6-5-7-13(19)10-12)11-16(25)23-15-9-4-3-8-14(15)18(20,21)22/h3-10H,2,11H2,1H3,(H,23,25). The topological polar surface area (TPSA) is 49.4 Å². The van der Waals surface area contributed by atoms with E-state index >= 15 is 0 Å². The van der Waals surface area contributed by atoms with E-state index in [2.05, 4.69) is 21.2 Å². The highest BCUT2D eigenvalue weighted by molar-refractivity contribution is 9.10. The maximum absolute atomic E-state index is 13.0. The van der Waals surface area contributed by atoms with E-state index in [1.807, 2.05) is 0 Å². The van der Waals surface area contributed by atoms with E-state index in [1.54, 1.807) is 31.2 Å². The van der Waals surface area contributed by atoms with Gasteiger partial charge in [0.1, 0.15) is 6.54 Å². The molecule has 2 amide bonds. The van der Waals surface area contributed by atoms with Gasteiger partial charge in [0.05, 0.1) is 11.3 Å². The molecular weight excluding hydrogens is 413 g/mol. The summed E-state index contributed by atoms with van der Waals surface area (Å²) in [6.07, 6.45) is -4.58. The lowest BCUT2D eigenvalue weighted by atomic mass is 10.1. The summed E-state index contributed by atoms with van der Waals surface area (Å²) < 4.78 is 39.7. The van der Waals surface area contributed by atoms with Crippen LogP contribution in [0.1, 0.15) is 22.8 Å². The minimum absolute atomic E-state index is 0.236. The smallest absolute Gasteiger partial charge is 0.330 e. The molecule has 0 aromatic heterocycles. The van der Waals surface area contributed by atoms with E-state index in [1.165, 1.54) is 23.1 Å². The Morgan fingerprint density at radius 2 is 1.81 bits per heavy atom. The number of alkyl halides is 3. The highest BCUT2D eigenvalue weighted by Crippen LogP contribution is 2.34. The van der Waals surface area contributed by atoms with Crippen LogP contribution in [0.4, 0.5) is 18.9 Å². The Balaban J connectivity index is 2.12. The number of rotatable bonds is 5. The largest absolute Gasteiger partial charge is 0.418 e. The third-order valence-electron chi connectivity index (χ3n) is 3.58. The average molecular weight is 429 g/mol. The van der Waals surface area contributed by atoms with Gasteiger partial charge in [-0.1, -0.05) is 34.1 Å². The van der Waals surface area contributed by atoms with Crippen LogP contribution >= 0.6 is 15.9 Å². The Bertz CT molecular complexity index is 809. The number of nitrogens with one attached hydrogen (secondary N) is 1. The van der Waals surface area contributed by atoms with Crippen molar-refractivity contribution in [1.82, 2.24) is 4.90 Å². The number of carbonyl (C=O) groups excluding carboxylic acids is 2. The molecule has 2 aromatic carbocycles. The molecule has 0 aliphatic carbocycles. The molecule has 26 heavy (non-hydrogen) atoms. The third-order valence-corrected chi connectivity index (χ3v) is 4.07. The van der Waals surface area contributed by atoms with Crippen LogP contribution in [0.5, 0.6) is 0 Å². The highest BCUT2D eigenvalue weighted by Gasteiger charge is 2.33. The predicted molar refractivity (Wildman–Crippen MR) is 95.8 cm³/mol. The second kappa shape index (κ2) is 8.35. The summed E-state index contributed by atoms with van der Waals surface area (Å²) >= 11 is 3.27. The first-order valence-electron chi connectivity index (χ1n) is 7.73. The van der Waals surface area contributed by atoms with Gasteiger partial charge < -0.3 is 10.2 Å². The molecule has 0 fully saturated rings. The molecule has 0 heterocycles. The van der Waals surface area contributed by atoms with Crippen LogP contribution in [0.25, 0.3) is 0 Å². The number of hydrogen-bond acceptors (Lipinski definition) is 2. The van der Waals surface area contributed by atoms with Crippen LogP contribution in [-0.4, -0.2) is 29.8 Å². The average Bonchev–Trinajstić information content (AvgIpc) is 2.58. The van der Waals surface area contributed by atoms with Gasteiger partial charge in [-0.15, -0.1) is 0 Å². The first kappa shape index (κ1) is 20.0. The minimum atomic E-state index is -4.58. The molecule has 4 nitrogen and oxygen atoms in total. The van der Waals surface area contributed by atoms with E-state index in [0.29, 0.717) is 10.0 Å². The first-order valence-corrected chi connectivity index (χ1v) is 8.52. The Morgan fingerprint density at radius 3 is 2.42 bits per heavy atom. The first-order chi connectivity index (χ1) is 12.2. The molecule has 0 aliphatic heterocycles. The molecule has 0 radical (unpaired) electrons. The molecule has 0 saturated carbocycles. The summed E-state index contributed by atoms with van der Waals surface area (Å²) in [6.45, 7) is 1.57. The number of benzene rings is 2. The van der Waals surface area contributed by atoms with Gasteiger partial charge in [-0.25, -0.2) is 0 Å². The van der Waals surface area contributed by atoms with Crippen molar-refractivity contribution in [1.29, 1.82) is 0 Å². The molecule has 138 valence electrons. The van der Waals surface area contributed by atoms with Crippen LogP contribution in [0.2, 0.25) is 0 Å². The van der Waals surface area contributed by atoms with Crippen LogP contribution in [0.3, 0.4) is 0 Å². The van der Waals surface area contributed by atoms with Crippen LogP contribution < -0.4 is 5.32 Å². The number of para-hydroxylation sites is 1. The van der Waals surface area contributed by atoms with E-state index in [0.717, 1.165) is 6.07 Å². The minimum Gasteiger partial charge on any atom is -0.330 e. The Hall–Kier alpha value is -2.35. The molecule has 2 aromatic rings. The zero-order chi connectivity index (χ0) is 19.3. The van der Waals surface area contributed by atoms with Crippen molar-refractivity contribution < 1.29 is 22.8 Å². The lowest BCUT2D eigenvalue weighted by Crippen LogP contribution is -2.38. The summed E-state index contributed by atoms with van der Waals surface area (Å²) in [5.74, 6) is -1.08. The number of hydrogen-bond donors (Lipinski definition) is 1. The van der Waals surface area contributed by atoms with Crippen molar-refractivity contribution in [2.24, 2.45) is 0 Å². The maximum Gasteiger partial charge on any atom is 0.418 e. The third kappa shape index (κ3) is 5.08. The summed E-state index contributed by atoms with van der Waals surface area (Å²) in [5, 5.41) is 2.24. The van der Waals surface area contributed by atoms with Crippen molar-refractivity contribution in [2.45, 2.75) is 13.1 Å². The zero-order valence-corrected chi connectivity index (χ0v) is 15.4. The van der Waals surface area contributed by atoms with Gasteiger partial charge in [-0.3, -0.25) is 9.59 Å². The number of carbonyl (C=O) groups is 2. The number of nitrogens with zero attached hydrogens (tertiary/aromatic N) is 1. The molecule has 0 spiro atoms. The molecule has 0 aliphatic rings. The van der Waals surface area contributed by atoms with Crippen molar-refractivity contribution in [3.63, 3.8) is 0 Å². The summed E-state index contributed by atoms with van der Waals surface area (Å²) in [6, 6.07) is 11.4. The van der Waals surface area contributed by atoms with Gasteiger partial charge in [0, 0.05) is 16.6 Å². The zero-order valence-electron chi connectivity index (χ0n) is 13.8. The lowest BCUT2D eigenvalue weighted by Gasteiger charge is -2.21. The summed E-state index contributed by atoms with van der Waals surface area (Å²) in [4.78, 5) is 25.9. The second-order valence-electron chi connectivity index (χ2n) is 5.42. The van der Waals surface area contributed by atoms with E-state index in [-0.39, 0.29) is 24.7 Å². The number of anilines is 1. The van der Waals surface area contributed by atoms with Crippen LogP contribution in [-0.2, 0) is 11.0 Å². The quantitative estimate of drug-likeness (QED) is 0.758. The van der Waals surface area contributed by atoms with E-state index < -0.39 is 17.6 Å². The monoisotopic (exact) mass is 428 g/mol. The molecule has 0 bridgehead atoms. The molecule has 0 saturated heterocycles. The predicted octanol–water partition coefficient (Wildman–Crippen LogP) is 4.57. The van der Waals surface area contributed by atoms with Crippen molar-refractivity contribution in [3.05, 3.63) is 64.1 Å². The van der Waals surface area contributed by atoms with Gasteiger partial charge >= 0.3 is 6.18 Å². The van der Waals surface area contributed by atoms with Crippen LogP contribution in [0.15, 0.2) is 53.0 Å². The summed E-state index contributed by atoms with van der Waals surface area (Å²) in [7, 11) is 0. The maximum atomic E-state index is 13.0. The Kier molecular flexibility index (Phi) is 6.42. The van der Waals surface area contributed by atoms with E-state index in [9.17, 15) is 22.8 Å². The SMILES string of the molecule is CCN(CC(=O)Nc1ccccc1C(F)(F)F)C(=O)c1cccc(Br)c1. The lowest BCUT2D eigenvalue weighted by molar-refractivity contribution is -0.137. The van der Waals surface area contributed by atoms with Crippen molar-refractivity contribution in [2.75, 3.05) is 18.4 Å². The van der Waals surface area contributed by atoms with E-state index in [4.69, 9.17) is 0 Å². The fourth-order valence-corrected chi connectivity index (χ4v) is 2.73. The van der Waals surface area contributed by atoms with Gasteiger partial charge in [0.2, 0.25) is 5.91 Å². The van der Waals surface area contributed by atoms with Crippen molar-refractivity contribution >= 4 is 33.4 Å². The molecular formula is C18H16BrF3N2O2. The van der Waals surface area contributed by atoms with Crippen LogP contribution in [0, 0.1) is 0 Å². The Morgan fingerprint density at radius 1 is 1.12 bits per heavy atom. The fraction of sp³-hybridized carbons (Fsp3) is 0.222. The molecule has 1 N–H and O–H groups in total. The normalized spacial score (nSPS) is 11.1. The van der Waals surface area contributed by atoms with Crippen molar-refractivity contribution in [3.8, 4) is 0 Å². The second-order valence-corrected chi connectivity index (χ2v) is 6.34. The van der Waals surface area contributed by atoms with Gasteiger partial charge in [-0.2, -0.15) is 13.2 Å². The molecule has 2 rings (SSSR count). The summed E-state index contributed by atoms with van der Waals surface area (Å²) in [5.41, 5.74) is -0.893. The molecule has 0 atom stereocenters. The Labute approximate surface area is 157 Å². The molecule has 0 unspecified atom stereocenters. The van der Waals surface area contributed by atoms with Gasteiger partial charge in [-0.05, 0) is 37.3 Å². The fourth-order valence-electron chi connectivity index (χ4n) is 2.33. The molecule has 8 heteroatoms. The van der Waals surface area contributed by atoms with Gasteiger partial charge in [0.25, 0.3) is 5.91 Å². The number of likely N-dealkylation sites (N-methyl/N-ethyl adjacent to an activating group) is 1. The highest BCUT2D eigenvalue weighted by atomic mass is 79.9. The number of amides is 2.